The molecule has 2 atom stereocenters. The summed E-state index contributed by atoms with van der Waals surface area (Å²) < 4.78 is 0. The molecule has 0 radical (unpaired) electrons. The first-order valence-electron chi connectivity index (χ1n) is 7.93. The van der Waals surface area contributed by atoms with Gasteiger partial charge in [-0.3, -0.25) is 0 Å². The molecule has 0 aliphatic heterocycles. The summed E-state index contributed by atoms with van der Waals surface area (Å²) >= 11 is 0. The number of hydrogen-bond acceptors (Lipinski definition) is 2. The number of nitrogens with one attached hydrogen (secondary N) is 2. The number of carbonyl (C=O) groups excluding carboxylic acids is 1. The summed E-state index contributed by atoms with van der Waals surface area (Å²) in [5, 5.41) is 14.9. The molecule has 21 heavy (non-hydrogen) atoms. The number of carbonyl (C=O) groups is 1. The SMILES string of the molecule is CC(CO)NC(=O)NC(c1ccccc1)C1CCCCC1. The number of benzene rings is 1. The summed E-state index contributed by atoms with van der Waals surface area (Å²) in [6.45, 7) is 1.74. The molecule has 1 fully saturated rings. The van der Waals surface area contributed by atoms with Crippen LogP contribution >= 0.6 is 0 Å². The molecule has 0 spiro atoms. The number of aliphatic hydroxyl groups excluding tert-OH is 1. The summed E-state index contributed by atoms with van der Waals surface area (Å²) in [6.07, 6.45) is 6.10. The molecule has 1 aromatic carbocycles. The van der Waals surface area contributed by atoms with Gasteiger partial charge in [0.2, 0.25) is 0 Å². The van der Waals surface area contributed by atoms with Crippen molar-refractivity contribution in [3.63, 3.8) is 0 Å². The molecule has 1 saturated carbocycles. The number of hydrogen-bond donors (Lipinski definition) is 3. The Bertz CT molecular complexity index is 430. The maximum absolute atomic E-state index is 12.1. The van der Waals surface area contributed by atoms with Gasteiger partial charge in [0.25, 0.3) is 0 Å². The van der Waals surface area contributed by atoms with Crippen LogP contribution in [0.1, 0.15) is 50.6 Å². The van der Waals surface area contributed by atoms with E-state index in [0.717, 1.165) is 18.4 Å². The summed E-state index contributed by atoms with van der Waals surface area (Å²) in [7, 11) is 0. The van der Waals surface area contributed by atoms with Crippen LogP contribution in [0.25, 0.3) is 0 Å². The predicted octanol–water partition coefficient (Wildman–Crippen LogP) is 2.99. The molecular weight excluding hydrogens is 264 g/mol. The Morgan fingerprint density at radius 2 is 1.86 bits per heavy atom. The van der Waals surface area contributed by atoms with Crippen LogP contribution in [0.5, 0.6) is 0 Å². The smallest absolute Gasteiger partial charge is 0.315 e. The predicted molar refractivity (Wildman–Crippen MR) is 84.0 cm³/mol. The number of amides is 2. The molecule has 0 saturated heterocycles. The Morgan fingerprint density at radius 1 is 1.19 bits per heavy atom. The molecule has 1 aliphatic rings. The summed E-state index contributed by atoms with van der Waals surface area (Å²) in [5.41, 5.74) is 1.16. The van der Waals surface area contributed by atoms with Crippen LogP contribution in [0.15, 0.2) is 30.3 Å². The lowest BCUT2D eigenvalue weighted by Crippen LogP contribution is -2.45. The largest absolute Gasteiger partial charge is 0.394 e. The van der Waals surface area contributed by atoms with E-state index in [9.17, 15) is 4.79 Å². The molecule has 2 amide bonds. The highest BCUT2D eigenvalue weighted by molar-refractivity contribution is 5.74. The van der Waals surface area contributed by atoms with Crippen LogP contribution in [-0.4, -0.2) is 23.8 Å². The van der Waals surface area contributed by atoms with Crippen LogP contribution in [0.3, 0.4) is 0 Å². The highest BCUT2D eigenvalue weighted by atomic mass is 16.3. The van der Waals surface area contributed by atoms with E-state index in [0.29, 0.717) is 5.92 Å². The molecule has 116 valence electrons. The number of aliphatic hydroxyl groups is 1. The van der Waals surface area contributed by atoms with E-state index < -0.39 is 0 Å². The van der Waals surface area contributed by atoms with Gasteiger partial charge in [-0.1, -0.05) is 49.6 Å². The molecule has 0 aromatic heterocycles. The van der Waals surface area contributed by atoms with Crippen molar-refractivity contribution in [1.82, 2.24) is 10.6 Å². The molecule has 4 heteroatoms. The molecule has 3 N–H and O–H groups in total. The number of urea groups is 1. The summed E-state index contributed by atoms with van der Waals surface area (Å²) in [6, 6.07) is 9.81. The van der Waals surface area contributed by atoms with Gasteiger partial charge in [-0.2, -0.15) is 0 Å². The third-order valence-electron chi connectivity index (χ3n) is 4.22. The highest BCUT2D eigenvalue weighted by Crippen LogP contribution is 2.34. The monoisotopic (exact) mass is 290 g/mol. The first-order chi connectivity index (χ1) is 10.2. The molecule has 2 rings (SSSR count). The van der Waals surface area contributed by atoms with Crippen molar-refractivity contribution in [2.24, 2.45) is 5.92 Å². The first-order valence-corrected chi connectivity index (χ1v) is 7.93. The van der Waals surface area contributed by atoms with Crippen molar-refractivity contribution >= 4 is 6.03 Å². The molecular formula is C17H26N2O2. The Labute approximate surface area is 126 Å². The van der Waals surface area contributed by atoms with Crippen molar-refractivity contribution < 1.29 is 9.90 Å². The van der Waals surface area contributed by atoms with Crippen molar-refractivity contribution in [1.29, 1.82) is 0 Å². The van der Waals surface area contributed by atoms with Gasteiger partial charge in [0.05, 0.1) is 18.7 Å². The Balaban J connectivity index is 2.06. The topological polar surface area (TPSA) is 61.4 Å². The minimum absolute atomic E-state index is 0.0488. The van der Waals surface area contributed by atoms with E-state index in [1.807, 2.05) is 18.2 Å². The van der Waals surface area contributed by atoms with Crippen LogP contribution in [0, 0.1) is 5.92 Å². The maximum atomic E-state index is 12.1. The Hall–Kier alpha value is -1.55. The van der Waals surface area contributed by atoms with Crippen LogP contribution in [-0.2, 0) is 0 Å². The molecule has 0 bridgehead atoms. The summed E-state index contributed by atoms with van der Waals surface area (Å²) in [5.74, 6) is 0.497. The van der Waals surface area contributed by atoms with Gasteiger partial charge in [0.15, 0.2) is 0 Å². The van der Waals surface area contributed by atoms with Gasteiger partial charge in [-0.15, -0.1) is 0 Å². The molecule has 0 heterocycles. The second kappa shape index (κ2) is 8.03. The fraction of sp³-hybridized carbons (Fsp3) is 0.588. The normalized spacial score (nSPS) is 18.8. The second-order valence-electron chi connectivity index (χ2n) is 5.99. The third kappa shape index (κ3) is 4.74. The average Bonchev–Trinajstić information content (AvgIpc) is 2.54. The van der Waals surface area contributed by atoms with E-state index in [1.54, 1.807) is 6.92 Å². The van der Waals surface area contributed by atoms with Crippen LogP contribution < -0.4 is 10.6 Å². The van der Waals surface area contributed by atoms with E-state index in [-0.39, 0.29) is 24.7 Å². The maximum Gasteiger partial charge on any atom is 0.315 e. The minimum Gasteiger partial charge on any atom is -0.394 e. The van der Waals surface area contributed by atoms with Gasteiger partial charge in [0.1, 0.15) is 0 Å². The lowest BCUT2D eigenvalue weighted by molar-refractivity contribution is 0.207. The highest BCUT2D eigenvalue weighted by Gasteiger charge is 2.26. The quantitative estimate of drug-likeness (QED) is 0.780. The lowest BCUT2D eigenvalue weighted by atomic mass is 9.81. The van der Waals surface area contributed by atoms with Crippen molar-refractivity contribution in [3.8, 4) is 0 Å². The lowest BCUT2D eigenvalue weighted by Gasteiger charge is -2.31. The Kier molecular flexibility index (Phi) is 6.05. The molecule has 4 nitrogen and oxygen atoms in total. The van der Waals surface area contributed by atoms with Crippen molar-refractivity contribution in [3.05, 3.63) is 35.9 Å². The fourth-order valence-corrected chi connectivity index (χ4v) is 3.05. The van der Waals surface area contributed by atoms with E-state index >= 15 is 0 Å². The minimum atomic E-state index is -0.229. The standard InChI is InChI=1S/C17H26N2O2/c1-13(12-20)18-17(21)19-16(14-8-4-2-5-9-14)15-10-6-3-7-11-15/h2,4-5,8-9,13,15-16,20H,3,6-7,10-12H2,1H3,(H2,18,19,21). The van der Waals surface area contributed by atoms with Crippen molar-refractivity contribution in [2.45, 2.75) is 51.1 Å². The van der Waals surface area contributed by atoms with E-state index in [2.05, 4.69) is 22.8 Å². The molecule has 1 aromatic rings. The van der Waals surface area contributed by atoms with Crippen LogP contribution in [0.2, 0.25) is 0 Å². The fourth-order valence-electron chi connectivity index (χ4n) is 3.05. The first kappa shape index (κ1) is 15.8. The second-order valence-corrected chi connectivity index (χ2v) is 5.99. The van der Waals surface area contributed by atoms with Crippen LogP contribution in [0.4, 0.5) is 4.79 Å². The molecule has 2 unspecified atom stereocenters. The van der Waals surface area contributed by atoms with Gasteiger partial charge < -0.3 is 15.7 Å². The third-order valence-corrected chi connectivity index (χ3v) is 4.22. The van der Waals surface area contributed by atoms with Gasteiger partial charge >= 0.3 is 6.03 Å². The molecule has 1 aliphatic carbocycles. The van der Waals surface area contributed by atoms with E-state index in [1.165, 1.54) is 19.3 Å². The number of rotatable bonds is 5. The zero-order chi connectivity index (χ0) is 15.1. The average molecular weight is 290 g/mol. The van der Waals surface area contributed by atoms with E-state index in [4.69, 9.17) is 5.11 Å². The summed E-state index contributed by atoms with van der Waals surface area (Å²) in [4.78, 5) is 12.1. The Morgan fingerprint density at radius 3 is 2.48 bits per heavy atom. The zero-order valence-electron chi connectivity index (χ0n) is 12.7. The van der Waals surface area contributed by atoms with Gasteiger partial charge in [-0.25, -0.2) is 4.79 Å². The van der Waals surface area contributed by atoms with Gasteiger partial charge in [0, 0.05) is 0 Å². The van der Waals surface area contributed by atoms with Crippen molar-refractivity contribution in [2.75, 3.05) is 6.61 Å². The van der Waals surface area contributed by atoms with Gasteiger partial charge in [-0.05, 0) is 31.2 Å². The zero-order valence-corrected chi connectivity index (χ0v) is 12.7.